The second kappa shape index (κ2) is 6.84. The number of aryl methyl sites for hydroxylation is 1. The van der Waals surface area contributed by atoms with E-state index in [0.29, 0.717) is 10.8 Å². The number of halogens is 1. The number of amides is 1. The van der Waals surface area contributed by atoms with E-state index in [4.69, 9.17) is 16.7 Å². The summed E-state index contributed by atoms with van der Waals surface area (Å²) in [7, 11) is 0. The molecule has 1 aliphatic carbocycles. The SMILES string of the molecule is Cc1nc(C(=O)N(C[C@H](C)C(=O)O)C2CC2)nn1-c1ccc(Cl)cc1. The topological polar surface area (TPSA) is 88.3 Å². The molecule has 0 spiro atoms. The molecule has 1 fully saturated rings. The Balaban J connectivity index is 1.85. The van der Waals surface area contributed by atoms with Crippen LogP contribution in [0.3, 0.4) is 0 Å². The molecule has 1 aromatic carbocycles. The van der Waals surface area contributed by atoms with E-state index in [1.165, 1.54) is 0 Å². The lowest BCUT2D eigenvalue weighted by molar-refractivity contribution is -0.141. The smallest absolute Gasteiger partial charge is 0.308 e. The first-order valence-electron chi connectivity index (χ1n) is 8.10. The lowest BCUT2D eigenvalue weighted by atomic mass is 10.1. The highest BCUT2D eigenvalue weighted by Gasteiger charge is 2.36. The summed E-state index contributed by atoms with van der Waals surface area (Å²) in [6.07, 6.45) is 1.77. The van der Waals surface area contributed by atoms with Crippen LogP contribution in [0.4, 0.5) is 0 Å². The van der Waals surface area contributed by atoms with Crippen molar-refractivity contribution in [2.24, 2.45) is 5.92 Å². The van der Waals surface area contributed by atoms with Crippen molar-refractivity contribution in [2.45, 2.75) is 32.7 Å². The van der Waals surface area contributed by atoms with Crippen LogP contribution in [0.25, 0.3) is 5.69 Å². The van der Waals surface area contributed by atoms with Gasteiger partial charge in [-0.3, -0.25) is 9.59 Å². The van der Waals surface area contributed by atoms with E-state index in [9.17, 15) is 9.59 Å². The Morgan fingerprint density at radius 3 is 2.56 bits per heavy atom. The molecule has 132 valence electrons. The first-order valence-corrected chi connectivity index (χ1v) is 8.48. The largest absolute Gasteiger partial charge is 0.481 e. The first-order chi connectivity index (χ1) is 11.9. The number of hydrogen-bond acceptors (Lipinski definition) is 4. The number of aromatic nitrogens is 3. The maximum Gasteiger partial charge on any atom is 0.308 e. The fourth-order valence-corrected chi connectivity index (χ4v) is 2.72. The van der Waals surface area contributed by atoms with Crippen LogP contribution in [0, 0.1) is 12.8 Å². The molecule has 1 aliphatic rings. The average Bonchev–Trinajstić information content (AvgIpc) is 3.34. The second-order valence-corrected chi connectivity index (χ2v) is 6.74. The van der Waals surface area contributed by atoms with Gasteiger partial charge in [-0.1, -0.05) is 18.5 Å². The number of carbonyl (C=O) groups excluding carboxylic acids is 1. The number of carbonyl (C=O) groups is 2. The van der Waals surface area contributed by atoms with Gasteiger partial charge in [0, 0.05) is 17.6 Å². The van der Waals surface area contributed by atoms with Gasteiger partial charge in [-0.2, -0.15) is 0 Å². The van der Waals surface area contributed by atoms with Gasteiger partial charge in [0.1, 0.15) is 5.82 Å². The molecule has 7 nitrogen and oxygen atoms in total. The number of aliphatic carboxylic acids is 1. The summed E-state index contributed by atoms with van der Waals surface area (Å²) < 4.78 is 1.58. The molecular formula is C17H19ClN4O3. The second-order valence-electron chi connectivity index (χ2n) is 6.30. The molecule has 0 saturated heterocycles. The predicted molar refractivity (Wildman–Crippen MR) is 92.0 cm³/mol. The minimum Gasteiger partial charge on any atom is -0.481 e. The first kappa shape index (κ1) is 17.4. The molecule has 8 heteroatoms. The van der Waals surface area contributed by atoms with Gasteiger partial charge < -0.3 is 10.0 Å². The number of carboxylic acids is 1. The Morgan fingerprint density at radius 2 is 2.00 bits per heavy atom. The molecular weight excluding hydrogens is 344 g/mol. The lowest BCUT2D eigenvalue weighted by Gasteiger charge is -2.22. The molecule has 1 atom stereocenters. The highest BCUT2D eigenvalue weighted by atomic mass is 35.5. The molecule has 1 saturated carbocycles. The molecule has 0 unspecified atom stereocenters. The van der Waals surface area contributed by atoms with E-state index in [2.05, 4.69) is 10.1 Å². The van der Waals surface area contributed by atoms with E-state index in [-0.39, 0.29) is 24.3 Å². The lowest BCUT2D eigenvalue weighted by Crippen LogP contribution is -2.39. The Morgan fingerprint density at radius 1 is 1.36 bits per heavy atom. The monoisotopic (exact) mass is 362 g/mol. The molecule has 2 aromatic rings. The zero-order chi connectivity index (χ0) is 18.1. The summed E-state index contributed by atoms with van der Waals surface area (Å²) in [5.74, 6) is -1.23. The van der Waals surface area contributed by atoms with E-state index >= 15 is 0 Å². The van der Waals surface area contributed by atoms with Crippen LogP contribution in [0.15, 0.2) is 24.3 Å². The standard InChI is InChI=1S/C17H19ClN4O3/c1-10(17(24)25)9-21(13-7-8-13)16(23)15-19-11(2)22(20-15)14-5-3-12(18)4-6-14/h3-6,10,13H,7-9H2,1-2H3,(H,24,25)/t10-/m0/s1. The van der Waals surface area contributed by atoms with Gasteiger partial charge in [0.15, 0.2) is 0 Å². The predicted octanol–water partition coefficient (Wildman–Crippen LogP) is 2.55. The van der Waals surface area contributed by atoms with Crippen LogP contribution >= 0.6 is 11.6 Å². The number of nitrogens with zero attached hydrogens (tertiary/aromatic N) is 4. The summed E-state index contributed by atoms with van der Waals surface area (Å²) in [4.78, 5) is 29.8. The van der Waals surface area contributed by atoms with Crippen molar-refractivity contribution in [3.8, 4) is 5.69 Å². The third kappa shape index (κ3) is 3.82. The Hall–Kier alpha value is -2.41. The molecule has 3 rings (SSSR count). The van der Waals surface area contributed by atoms with Crippen LogP contribution in [0.2, 0.25) is 5.02 Å². The van der Waals surface area contributed by atoms with Crippen molar-refractivity contribution < 1.29 is 14.7 Å². The van der Waals surface area contributed by atoms with Gasteiger partial charge in [-0.05, 0) is 44.0 Å². The molecule has 0 aliphatic heterocycles. The minimum absolute atomic E-state index is 0.0805. The van der Waals surface area contributed by atoms with Crippen LogP contribution in [-0.2, 0) is 4.79 Å². The maximum atomic E-state index is 12.8. The van der Waals surface area contributed by atoms with Crippen molar-refractivity contribution in [3.63, 3.8) is 0 Å². The van der Waals surface area contributed by atoms with Gasteiger partial charge in [0.25, 0.3) is 5.91 Å². The minimum atomic E-state index is -0.922. The summed E-state index contributed by atoms with van der Waals surface area (Å²) in [6.45, 7) is 3.52. The van der Waals surface area contributed by atoms with Crippen molar-refractivity contribution in [1.82, 2.24) is 19.7 Å². The number of rotatable bonds is 6. The van der Waals surface area contributed by atoms with Gasteiger partial charge in [0.2, 0.25) is 5.82 Å². The molecule has 1 heterocycles. The molecule has 1 aromatic heterocycles. The molecule has 0 bridgehead atoms. The van der Waals surface area contributed by atoms with Crippen molar-refractivity contribution in [3.05, 3.63) is 40.9 Å². The average molecular weight is 363 g/mol. The molecule has 0 radical (unpaired) electrons. The van der Waals surface area contributed by atoms with Crippen LogP contribution in [-0.4, -0.2) is 49.2 Å². The van der Waals surface area contributed by atoms with Crippen LogP contribution in [0.5, 0.6) is 0 Å². The summed E-state index contributed by atoms with van der Waals surface area (Å²) in [6, 6.07) is 7.15. The Kier molecular flexibility index (Phi) is 4.76. The summed E-state index contributed by atoms with van der Waals surface area (Å²) in [5, 5.41) is 14.0. The Labute approximate surface area is 150 Å². The van der Waals surface area contributed by atoms with Crippen molar-refractivity contribution in [2.75, 3.05) is 6.54 Å². The van der Waals surface area contributed by atoms with Crippen molar-refractivity contribution >= 4 is 23.5 Å². The summed E-state index contributed by atoms with van der Waals surface area (Å²) >= 11 is 5.90. The summed E-state index contributed by atoms with van der Waals surface area (Å²) in [5.41, 5.74) is 0.755. The highest BCUT2D eigenvalue weighted by molar-refractivity contribution is 6.30. The van der Waals surface area contributed by atoms with Crippen LogP contribution < -0.4 is 0 Å². The zero-order valence-corrected chi connectivity index (χ0v) is 14.8. The highest BCUT2D eigenvalue weighted by Crippen LogP contribution is 2.29. The van der Waals surface area contributed by atoms with Gasteiger partial charge in [-0.15, -0.1) is 5.10 Å². The Bertz CT molecular complexity index is 799. The van der Waals surface area contributed by atoms with E-state index in [1.807, 2.05) is 0 Å². The van der Waals surface area contributed by atoms with Gasteiger partial charge in [-0.25, -0.2) is 9.67 Å². The molecule has 1 N–H and O–H groups in total. The quantitative estimate of drug-likeness (QED) is 0.853. The molecule has 1 amide bonds. The fraction of sp³-hybridized carbons (Fsp3) is 0.412. The number of benzene rings is 1. The van der Waals surface area contributed by atoms with Crippen molar-refractivity contribution in [1.29, 1.82) is 0 Å². The third-order valence-electron chi connectivity index (χ3n) is 4.17. The third-order valence-corrected chi connectivity index (χ3v) is 4.42. The molecule has 25 heavy (non-hydrogen) atoms. The van der Waals surface area contributed by atoms with E-state index in [0.717, 1.165) is 18.5 Å². The van der Waals surface area contributed by atoms with E-state index in [1.54, 1.807) is 47.7 Å². The maximum absolute atomic E-state index is 12.8. The van der Waals surface area contributed by atoms with Crippen LogP contribution in [0.1, 0.15) is 36.2 Å². The van der Waals surface area contributed by atoms with Gasteiger partial charge in [0.05, 0.1) is 11.6 Å². The van der Waals surface area contributed by atoms with Gasteiger partial charge >= 0.3 is 5.97 Å². The van der Waals surface area contributed by atoms with E-state index < -0.39 is 11.9 Å². The normalized spacial score (nSPS) is 15.0. The number of hydrogen-bond donors (Lipinski definition) is 1. The zero-order valence-electron chi connectivity index (χ0n) is 14.0. The number of carboxylic acid groups (broad SMARTS) is 1. The fourth-order valence-electron chi connectivity index (χ4n) is 2.59.